The van der Waals surface area contributed by atoms with Crippen LogP contribution in [0.1, 0.15) is 113 Å². The van der Waals surface area contributed by atoms with Crippen molar-refractivity contribution in [2.45, 2.75) is 113 Å². The summed E-state index contributed by atoms with van der Waals surface area (Å²) in [5.74, 6) is 1.10. The maximum Gasteiger partial charge on any atom is 0.310 e. The molecule has 33 heavy (non-hydrogen) atoms. The molecule has 0 unspecified atom stereocenters. The van der Waals surface area contributed by atoms with Crippen LogP contribution in [0.25, 0.3) is 0 Å². The third-order valence-corrected chi connectivity index (χ3v) is 12.8. The number of carbonyl (C=O) groups is 2. The van der Waals surface area contributed by atoms with Gasteiger partial charge >= 0.3 is 5.97 Å². The van der Waals surface area contributed by atoms with Gasteiger partial charge in [-0.05, 0) is 97.2 Å². The maximum absolute atomic E-state index is 12.9. The van der Waals surface area contributed by atoms with Gasteiger partial charge in [0.2, 0.25) is 0 Å². The van der Waals surface area contributed by atoms with Gasteiger partial charge in [-0.15, -0.1) is 0 Å². The van der Waals surface area contributed by atoms with Crippen molar-refractivity contribution in [3.8, 4) is 0 Å². The molecular weight excluding hydrogens is 408 g/mol. The zero-order valence-corrected chi connectivity index (χ0v) is 22.1. The summed E-state index contributed by atoms with van der Waals surface area (Å²) in [6.45, 7) is 16.6. The summed E-state index contributed by atoms with van der Waals surface area (Å²) < 4.78 is 0. The minimum atomic E-state index is -0.565. The summed E-state index contributed by atoms with van der Waals surface area (Å²) in [5, 5.41) is 10.5. The van der Waals surface area contributed by atoms with Crippen LogP contribution in [-0.4, -0.2) is 16.9 Å². The van der Waals surface area contributed by atoms with Gasteiger partial charge in [-0.3, -0.25) is 9.59 Å². The fraction of sp³-hybridized carbons (Fsp3) is 0.867. The number of carboxylic acid groups (broad SMARTS) is 1. The number of hydrogen-bond acceptors (Lipinski definition) is 2. The van der Waals surface area contributed by atoms with Crippen LogP contribution in [0.15, 0.2) is 11.6 Å². The molecule has 0 amide bonds. The van der Waals surface area contributed by atoms with Crippen molar-refractivity contribution in [2.75, 3.05) is 0 Å². The Bertz CT molecular complexity index is 927. The van der Waals surface area contributed by atoms with Gasteiger partial charge in [-0.25, -0.2) is 0 Å². The van der Waals surface area contributed by atoms with Crippen LogP contribution in [-0.2, 0) is 9.59 Å². The second kappa shape index (κ2) is 6.76. The van der Waals surface area contributed by atoms with Gasteiger partial charge in [0.1, 0.15) is 5.78 Å². The van der Waals surface area contributed by atoms with E-state index in [0.29, 0.717) is 17.6 Å². The topological polar surface area (TPSA) is 54.4 Å². The maximum atomic E-state index is 12.9. The molecule has 0 aliphatic heterocycles. The van der Waals surface area contributed by atoms with Crippen molar-refractivity contribution in [1.82, 2.24) is 0 Å². The summed E-state index contributed by atoms with van der Waals surface area (Å²) in [4.78, 5) is 25.6. The van der Waals surface area contributed by atoms with Crippen LogP contribution in [0.4, 0.5) is 0 Å². The molecule has 0 heterocycles. The Hall–Kier alpha value is -1.12. The second-order valence-electron chi connectivity index (χ2n) is 14.8. The number of hydrogen-bond donors (Lipinski definition) is 1. The number of fused-ring (bicyclic) bond motifs is 7. The normalized spacial score (nSPS) is 50.2. The first kappa shape index (κ1) is 23.6. The number of aliphatic carboxylic acids is 1. The molecule has 1 N–H and O–H groups in total. The third kappa shape index (κ3) is 2.80. The first-order valence-electron chi connectivity index (χ1n) is 13.6. The predicted octanol–water partition coefficient (Wildman–Crippen LogP) is 7.44. The fourth-order valence-corrected chi connectivity index (χ4v) is 10.4. The average molecular weight is 455 g/mol. The molecule has 7 atom stereocenters. The molecule has 0 saturated heterocycles. The average Bonchev–Trinajstić information content (AvgIpc) is 2.71. The van der Waals surface area contributed by atoms with Crippen molar-refractivity contribution >= 4 is 11.8 Å². The highest BCUT2D eigenvalue weighted by atomic mass is 16.4. The van der Waals surface area contributed by atoms with E-state index in [2.05, 4.69) is 54.5 Å². The molecule has 5 aliphatic rings. The standard InChI is InChI=1S/C30H46O3/c1-25(2)14-16-30(24(32)33)17-15-28(6)19(20(30)18-25)8-9-22-27(5)12-11-23(31)26(3,4)21(27)10-13-29(22,28)7/h8,20-22H,9-18H2,1-7H3,(H,32,33)/t20-,21+,22+,27-,28+,29+,30-/m0/s1. The van der Waals surface area contributed by atoms with Crippen molar-refractivity contribution < 1.29 is 14.7 Å². The van der Waals surface area contributed by atoms with Gasteiger partial charge in [0.15, 0.2) is 0 Å². The number of carbonyl (C=O) groups excluding carboxylic acids is 1. The summed E-state index contributed by atoms with van der Waals surface area (Å²) in [6, 6.07) is 0. The number of carboxylic acids is 1. The monoisotopic (exact) mass is 454 g/mol. The van der Waals surface area contributed by atoms with Crippen LogP contribution in [0.3, 0.4) is 0 Å². The molecule has 0 spiro atoms. The van der Waals surface area contributed by atoms with E-state index in [4.69, 9.17) is 0 Å². The molecule has 5 aliphatic carbocycles. The van der Waals surface area contributed by atoms with E-state index in [1.165, 1.54) is 12.0 Å². The molecular formula is C30H46O3. The first-order valence-corrected chi connectivity index (χ1v) is 13.6. The summed E-state index contributed by atoms with van der Waals surface area (Å²) in [6.07, 6.45) is 12.3. The lowest BCUT2D eigenvalue weighted by molar-refractivity contribution is -0.189. The van der Waals surface area contributed by atoms with Crippen LogP contribution in [0.2, 0.25) is 0 Å². The van der Waals surface area contributed by atoms with E-state index in [1.54, 1.807) is 0 Å². The molecule has 0 bridgehead atoms. The third-order valence-electron chi connectivity index (χ3n) is 12.8. The van der Waals surface area contributed by atoms with E-state index in [-0.39, 0.29) is 33.0 Å². The summed E-state index contributed by atoms with van der Waals surface area (Å²) in [7, 11) is 0. The highest BCUT2D eigenvalue weighted by Gasteiger charge is 2.69. The van der Waals surface area contributed by atoms with Crippen LogP contribution >= 0.6 is 0 Å². The number of Topliss-reactive ketones (excluding diaryl/α,β-unsaturated/α-hetero) is 1. The second-order valence-corrected chi connectivity index (χ2v) is 14.8. The Morgan fingerprint density at radius 3 is 2.24 bits per heavy atom. The lowest BCUT2D eigenvalue weighted by Gasteiger charge is -2.70. The van der Waals surface area contributed by atoms with E-state index in [0.717, 1.165) is 57.8 Å². The zero-order chi connectivity index (χ0) is 24.2. The van der Waals surface area contributed by atoms with Crippen molar-refractivity contribution in [2.24, 2.45) is 50.2 Å². The Morgan fingerprint density at radius 1 is 0.909 bits per heavy atom. The number of allylic oxidation sites excluding steroid dienone is 2. The van der Waals surface area contributed by atoms with Crippen molar-refractivity contribution in [3.05, 3.63) is 11.6 Å². The SMILES string of the molecule is CC1(C)CC[C@]2(C(=O)O)CC[C@]3(C)C(=CC[C@@H]4[C@@]5(C)CCC(=O)C(C)(C)[C@H]5CC[C@]43C)[C@@H]2C1. The highest BCUT2D eigenvalue weighted by Crippen LogP contribution is 2.75. The Morgan fingerprint density at radius 2 is 1.58 bits per heavy atom. The van der Waals surface area contributed by atoms with E-state index < -0.39 is 11.4 Å². The molecule has 4 fully saturated rings. The number of rotatable bonds is 1. The predicted molar refractivity (Wildman–Crippen MR) is 132 cm³/mol. The zero-order valence-electron chi connectivity index (χ0n) is 22.1. The van der Waals surface area contributed by atoms with E-state index >= 15 is 0 Å². The van der Waals surface area contributed by atoms with Crippen LogP contribution < -0.4 is 0 Å². The Balaban J connectivity index is 1.60. The molecule has 0 radical (unpaired) electrons. The molecule has 3 nitrogen and oxygen atoms in total. The lowest BCUT2D eigenvalue weighted by Crippen LogP contribution is -2.64. The molecule has 5 rings (SSSR count). The van der Waals surface area contributed by atoms with Crippen LogP contribution in [0.5, 0.6) is 0 Å². The van der Waals surface area contributed by atoms with E-state index in [9.17, 15) is 14.7 Å². The lowest BCUT2D eigenvalue weighted by atomic mass is 9.33. The highest BCUT2D eigenvalue weighted by molar-refractivity contribution is 5.85. The van der Waals surface area contributed by atoms with Crippen LogP contribution in [0, 0.1) is 50.2 Å². The molecule has 3 heteroatoms. The minimum Gasteiger partial charge on any atom is -0.481 e. The summed E-state index contributed by atoms with van der Waals surface area (Å²) >= 11 is 0. The van der Waals surface area contributed by atoms with Crippen molar-refractivity contribution in [1.29, 1.82) is 0 Å². The van der Waals surface area contributed by atoms with Gasteiger partial charge in [0, 0.05) is 11.8 Å². The Labute approximate surface area is 201 Å². The minimum absolute atomic E-state index is 0.0620. The smallest absolute Gasteiger partial charge is 0.310 e. The van der Waals surface area contributed by atoms with Gasteiger partial charge in [0.25, 0.3) is 0 Å². The largest absolute Gasteiger partial charge is 0.481 e. The van der Waals surface area contributed by atoms with Gasteiger partial charge in [-0.1, -0.05) is 60.1 Å². The molecule has 0 aromatic carbocycles. The van der Waals surface area contributed by atoms with E-state index in [1.807, 2.05) is 0 Å². The van der Waals surface area contributed by atoms with Gasteiger partial charge in [0.05, 0.1) is 5.41 Å². The number of ketones is 1. The van der Waals surface area contributed by atoms with Gasteiger partial charge in [-0.2, -0.15) is 0 Å². The summed E-state index contributed by atoms with van der Waals surface area (Å²) in [5.41, 5.74) is 1.33. The quantitative estimate of drug-likeness (QED) is 0.419. The molecule has 0 aromatic rings. The first-order chi connectivity index (χ1) is 15.1. The van der Waals surface area contributed by atoms with Crippen molar-refractivity contribution in [3.63, 3.8) is 0 Å². The molecule has 184 valence electrons. The molecule has 0 aromatic heterocycles. The fourth-order valence-electron chi connectivity index (χ4n) is 10.4. The molecule has 4 saturated carbocycles. The van der Waals surface area contributed by atoms with Gasteiger partial charge < -0.3 is 5.11 Å². The Kier molecular flexibility index (Phi) is 4.83.